The summed E-state index contributed by atoms with van der Waals surface area (Å²) in [5.41, 5.74) is 0. The molecule has 0 aliphatic rings. The number of unbranched alkanes of at least 4 members (excludes halogenated alkanes) is 1. The monoisotopic (exact) mass is 194 g/mol. The molecular formula is C14H26. The summed E-state index contributed by atoms with van der Waals surface area (Å²) in [5.74, 6) is 2.54. The molecule has 0 bridgehead atoms. The second-order valence-electron chi connectivity index (χ2n) is 2.33. The van der Waals surface area contributed by atoms with Gasteiger partial charge in [0.25, 0.3) is 0 Å². The first kappa shape index (κ1) is 18.8. The summed E-state index contributed by atoms with van der Waals surface area (Å²) in [6, 6.07) is 0. The topological polar surface area (TPSA) is 0 Å². The summed E-state index contributed by atoms with van der Waals surface area (Å²) in [4.78, 5) is 0. The van der Waals surface area contributed by atoms with Crippen molar-refractivity contribution in [2.75, 3.05) is 0 Å². The summed E-state index contributed by atoms with van der Waals surface area (Å²) in [6.07, 6.45) is 16.3. The zero-order valence-electron chi connectivity index (χ0n) is 10.5. The molecule has 82 valence electrons. The van der Waals surface area contributed by atoms with Gasteiger partial charge in [0.05, 0.1) is 0 Å². The SMILES string of the molecule is C#CC/C=C/CCC.C/C=C\C.CC. The van der Waals surface area contributed by atoms with E-state index >= 15 is 0 Å². The lowest BCUT2D eigenvalue weighted by Gasteiger charge is -1.79. The van der Waals surface area contributed by atoms with Crippen LogP contribution in [0.15, 0.2) is 24.3 Å². The Morgan fingerprint density at radius 2 is 1.57 bits per heavy atom. The molecule has 14 heavy (non-hydrogen) atoms. The lowest BCUT2D eigenvalue weighted by atomic mass is 10.3. The predicted molar refractivity (Wildman–Crippen MR) is 69.3 cm³/mol. The second-order valence-corrected chi connectivity index (χ2v) is 2.33. The molecule has 0 radical (unpaired) electrons. The van der Waals surface area contributed by atoms with E-state index in [2.05, 4.69) is 18.9 Å². The third kappa shape index (κ3) is 43.8. The van der Waals surface area contributed by atoms with Gasteiger partial charge in [-0.15, -0.1) is 12.3 Å². The standard InChI is InChI=1S/C8H12.C4H8.C2H6/c1-3-5-7-8-6-4-2;1-3-4-2;1-2/h1,7-8H,4-6H2,2H3;3-4H,1-2H3;1-2H3/b8-7+;4-3-;. The average molecular weight is 194 g/mol. The van der Waals surface area contributed by atoms with Crippen LogP contribution in [0.2, 0.25) is 0 Å². The van der Waals surface area contributed by atoms with Crippen molar-refractivity contribution >= 4 is 0 Å². The van der Waals surface area contributed by atoms with E-state index in [0.717, 1.165) is 12.8 Å². The lowest BCUT2D eigenvalue weighted by molar-refractivity contribution is 0.955. The first-order chi connectivity index (χ1) is 6.83. The highest BCUT2D eigenvalue weighted by Gasteiger charge is 1.69. The van der Waals surface area contributed by atoms with Gasteiger partial charge in [0.15, 0.2) is 0 Å². The Kier molecular flexibility index (Phi) is 39.7. The van der Waals surface area contributed by atoms with Gasteiger partial charge in [-0.2, -0.15) is 0 Å². The van der Waals surface area contributed by atoms with E-state index < -0.39 is 0 Å². The third-order valence-electron chi connectivity index (χ3n) is 1.19. The Morgan fingerprint density at radius 1 is 1.07 bits per heavy atom. The van der Waals surface area contributed by atoms with E-state index in [1.165, 1.54) is 6.42 Å². The molecule has 0 unspecified atom stereocenters. The minimum absolute atomic E-state index is 0.778. The van der Waals surface area contributed by atoms with E-state index in [1.807, 2.05) is 45.9 Å². The van der Waals surface area contributed by atoms with Gasteiger partial charge in [0.1, 0.15) is 0 Å². The molecule has 0 amide bonds. The highest BCUT2D eigenvalue weighted by atomic mass is 13.8. The molecule has 0 aromatic heterocycles. The Bertz CT molecular complexity index is 140. The summed E-state index contributed by atoms with van der Waals surface area (Å²) < 4.78 is 0. The van der Waals surface area contributed by atoms with Crippen molar-refractivity contribution in [1.29, 1.82) is 0 Å². The number of terminal acetylenes is 1. The molecule has 0 spiro atoms. The molecular weight excluding hydrogens is 168 g/mol. The van der Waals surface area contributed by atoms with Gasteiger partial charge in [0, 0.05) is 6.42 Å². The summed E-state index contributed by atoms with van der Waals surface area (Å²) >= 11 is 0. The highest BCUT2D eigenvalue weighted by molar-refractivity contribution is 4.95. The van der Waals surface area contributed by atoms with E-state index in [9.17, 15) is 0 Å². The number of hydrogen-bond acceptors (Lipinski definition) is 0. The molecule has 0 N–H and O–H groups in total. The molecule has 0 heterocycles. The van der Waals surface area contributed by atoms with Crippen LogP contribution in [-0.4, -0.2) is 0 Å². The average Bonchev–Trinajstić information content (AvgIpc) is 2.28. The maximum absolute atomic E-state index is 5.01. The lowest BCUT2D eigenvalue weighted by Crippen LogP contribution is -1.60. The predicted octanol–water partition coefficient (Wildman–Crippen LogP) is 4.97. The molecule has 0 aromatic rings. The minimum atomic E-state index is 0.778. The molecule has 0 aliphatic carbocycles. The van der Waals surface area contributed by atoms with Crippen molar-refractivity contribution in [2.45, 2.75) is 53.9 Å². The van der Waals surface area contributed by atoms with E-state index in [-0.39, 0.29) is 0 Å². The van der Waals surface area contributed by atoms with Crippen LogP contribution in [0, 0.1) is 12.3 Å². The largest absolute Gasteiger partial charge is 0.120 e. The third-order valence-corrected chi connectivity index (χ3v) is 1.19. The van der Waals surface area contributed by atoms with Gasteiger partial charge >= 0.3 is 0 Å². The molecule has 0 saturated heterocycles. The van der Waals surface area contributed by atoms with Crippen LogP contribution in [0.4, 0.5) is 0 Å². The summed E-state index contributed by atoms with van der Waals surface area (Å²) in [7, 11) is 0. The normalized spacial score (nSPS) is 8.57. The van der Waals surface area contributed by atoms with Gasteiger partial charge < -0.3 is 0 Å². The fourth-order valence-electron chi connectivity index (χ4n) is 0.436. The van der Waals surface area contributed by atoms with E-state index in [1.54, 1.807) is 0 Å². The maximum atomic E-state index is 5.01. The molecule has 0 aliphatic heterocycles. The maximum Gasteiger partial charge on any atom is 0.0267 e. The zero-order valence-corrected chi connectivity index (χ0v) is 10.5. The fraction of sp³-hybridized carbons (Fsp3) is 0.571. The van der Waals surface area contributed by atoms with Gasteiger partial charge in [-0.05, 0) is 20.3 Å². The van der Waals surface area contributed by atoms with E-state index in [4.69, 9.17) is 6.42 Å². The van der Waals surface area contributed by atoms with Crippen LogP contribution in [-0.2, 0) is 0 Å². The Morgan fingerprint density at radius 3 is 1.86 bits per heavy atom. The fourth-order valence-corrected chi connectivity index (χ4v) is 0.436. The molecule has 0 atom stereocenters. The van der Waals surface area contributed by atoms with Crippen LogP contribution in [0.3, 0.4) is 0 Å². The highest BCUT2D eigenvalue weighted by Crippen LogP contribution is 1.89. The van der Waals surface area contributed by atoms with Crippen molar-refractivity contribution in [3.63, 3.8) is 0 Å². The van der Waals surface area contributed by atoms with Gasteiger partial charge in [-0.3, -0.25) is 0 Å². The van der Waals surface area contributed by atoms with Crippen LogP contribution in [0.5, 0.6) is 0 Å². The van der Waals surface area contributed by atoms with Crippen molar-refractivity contribution in [1.82, 2.24) is 0 Å². The Labute approximate surface area is 91.1 Å². The molecule has 0 heteroatoms. The van der Waals surface area contributed by atoms with Gasteiger partial charge in [-0.25, -0.2) is 0 Å². The first-order valence-electron chi connectivity index (χ1n) is 5.49. The van der Waals surface area contributed by atoms with Crippen molar-refractivity contribution in [3.05, 3.63) is 24.3 Å². The van der Waals surface area contributed by atoms with E-state index in [0.29, 0.717) is 0 Å². The van der Waals surface area contributed by atoms with Crippen LogP contribution in [0.1, 0.15) is 53.9 Å². The summed E-state index contributed by atoms with van der Waals surface area (Å²) in [5, 5.41) is 0. The number of rotatable bonds is 3. The van der Waals surface area contributed by atoms with Crippen molar-refractivity contribution in [2.24, 2.45) is 0 Å². The molecule has 0 fully saturated rings. The molecule has 0 nitrogen and oxygen atoms in total. The number of allylic oxidation sites excluding steroid dienone is 4. The van der Waals surface area contributed by atoms with Gasteiger partial charge in [-0.1, -0.05) is 51.5 Å². The smallest absolute Gasteiger partial charge is 0.0267 e. The Hall–Kier alpha value is -0.960. The van der Waals surface area contributed by atoms with Crippen molar-refractivity contribution < 1.29 is 0 Å². The van der Waals surface area contributed by atoms with Crippen LogP contribution < -0.4 is 0 Å². The molecule has 0 saturated carbocycles. The quantitative estimate of drug-likeness (QED) is 0.439. The zero-order chi connectivity index (χ0) is 11.7. The summed E-state index contributed by atoms with van der Waals surface area (Å²) in [6.45, 7) is 10.2. The van der Waals surface area contributed by atoms with Crippen LogP contribution >= 0.6 is 0 Å². The second kappa shape index (κ2) is 29.6. The Balaban J connectivity index is -0.000000170. The molecule has 0 aromatic carbocycles. The number of hydrogen-bond donors (Lipinski definition) is 0. The minimum Gasteiger partial charge on any atom is -0.120 e. The molecule has 0 rings (SSSR count). The first-order valence-corrected chi connectivity index (χ1v) is 5.49. The van der Waals surface area contributed by atoms with Crippen molar-refractivity contribution in [3.8, 4) is 12.3 Å². The van der Waals surface area contributed by atoms with Crippen LogP contribution in [0.25, 0.3) is 0 Å². The van der Waals surface area contributed by atoms with Gasteiger partial charge in [0.2, 0.25) is 0 Å².